The number of ether oxygens (including phenoxy) is 1. The van der Waals surface area contributed by atoms with Crippen molar-refractivity contribution in [3.8, 4) is 0 Å². The predicted octanol–water partition coefficient (Wildman–Crippen LogP) is 3.07. The Hall–Kier alpha value is -2.74. The molecule has 2 saturated heterocycles. The van der Waals surface area contributed by atoms with Crippen LogP contribution in [0.3, 0.4) is 0 Å². The minimum absolute atomic E-state index is 0.0333. The van der Waals surface area contributed by atoms with E-state index in [1.54, 1.807) is 6.07 Å². The molecule has 2 fully saturated rings. The van der Waals surface area contributed by atoms with Gasteiger partial charge in [0.1, 0.15) is 17.9 Å². The van der Waals surface area contributed by atoms with Gasteiger partial charge in [0.05, 0.1) is 30.0 Å². The molecule has 3 heterocycles. The van der Waals surface area contributed by atoms with Gasteiger partial charge in [-0.05, 0) is 49.9 Å². The van der Waals surface area contributed by atoms with E-state index < -0.39 is 11.6 Å². The van der Waals surface area contributed by atoms with Crippen LogP contribution in [0.5, 0.6) is 0 Å². The normalized spacial score (nSPS) is 20.5. The van der Waals surface area contributed by atoms with Crippen LogP contribution in [0, 0.1) is 11.6 Å². The fourth-order valence-corrected chi connectivity index (χ4v) is 4.24. The summed E-state index contributed by atoms with van der Waals surface area (Å²) in [4.78, 5) is 26.4. The third kappa shape index (κ3) is 4.53. The average Bonchev–Trinajstić information content (AvgIpc) is 3.40. The van der Waals surface area contributed by atoms with E-state index in [0.29, 0.717) is 25.2 Å². The van der Waals surface area contributed by atoms with Gasteiger partial charge in [0.15, 0.2) is 0 Å². The molecule has 1 aromatic heterocycles. The maximum atomic E-state index is 13.7. The summed E-state index contributed by atoms with van der Waals surface area (Å²) in [6, 6.07) is 4.74. The third-order valence-corrected chi connectivity index (χ3v) is 5.95. The molecule has 1 aromatic carbocycles. The van der Waals surface area contributed by atoms with Crippen molar-refractivity contribution < 1.29 is 27.5 Å². The Labute approximate surface area is 173 Å². The molecule has 2 aliphatic heterocycles. The molecule has 0 radical (unpaired) electrons. The number of nitrogens with one attached hydrogen (secondary N) is 1. The lowest BCUT2D eigenvalue weighted by Gasteiger charge is -2.39. The summed E-state index contributed by atoms with van der Waals surface area (Å²) in [5.74, 6) is -1.58. The Morgan fingerprint density at radius 1 is 1.17 bits per heavy atom. The Morgan fingerprint density at radius 2 is 1.97 bits per heavy atom. The fraction of sp³-hybridized carbons (Fsp3) is 0.455. The first-order chi connectivity index (χ1) is 14.4. The smallest absolute Gasteiger partial charge is 0.257 e. The molecule has 2 aliphatic rings. The number of furan rings is 1. The van der Waals surface area contributed by atoms with Gasteiger partial charge in [-0.1, -0.05) is 0 Å². The summed E-state index contributed by atoms with van der Waals surface area (Å²) < 4.78 is 38.2. The molecule has 0 unspecified atom stereocenters. The van der Waals surface area contributed by atoms with Gasteiger partial charge in [-0.3, -0.25) is 9.59 Å². The van der Waals surface area contributed by atoms with Crippen LogP contribution in [0.4, 0.5) is 8.78 Å². The van der Waals surface area contributed by atoms with Gasteiger partial charge in [-0.25, -0.2) is 8.78 Å². The predicted molar refractivity (Wildman–Crippen MR) is 104 cm³/mol. The van der Waals surface area contributed by atoms with Crippen LogP contribution in [0.25, 0.3) is 0 Å². The zero-order chi connectivity index (χ0) is 21.1. The zero-order valence-corrected chi connectivity index (χ0v) is 16.5. The van der Waals surface area contributed by atoms with E-state index in [1.807, 2.05) is 4.90 Å². The minimum atomic E-state index is -0.598. The monoisotopic (exact) mass is 418 g/mol. The Kier molecular flexibility index (Phi) is 5.85. The van der Waals surface area contributed by atoms with E-state index in [1.165, 1.54) is 12.5 Å². The molecule has 6 nitrogen and oxygen atoms in total. The van der Waals surface area contributed by atoms with Crippen LogP contribution < -0.4 is 5.32 Å². The number of halogens is 2. The first-order valence-corrected chi connectivity index (χ1v) is 10.1. The number of piperidine rings is 1. The van der Waals surface area contributed by atoms with E-state index in [2.05, 4.69) is 5.32 Å². The molecule has 0 saturated carbocycles. The van der Waals surface area contributed by atoms with Crippen molar-refractivity contribution in [2.24, 2.45) is 0 Å². The maximum absolute atomic E-state index is 13.7. The van der Waals surface area contributed by atoms with Gasteiger partial charge >= 0.3 is 0 Å². The summed E-state index contributed by atoms with van der Waals surface area (Å²) in [5, 5.41) is 2.76. The number of benzene rings is 1. The van der Waals surface area contributed by atoms with Gasteiger partial charge in [0.2, 0.25) is 5.91 Å². The van der Waals surface area contributed by atoms with Crippen molar-refractivity contribution in [1.82, 2.24) is 10.2 Å². The highest BCUT2D eigenvalue weighted by molar-refractivity contribution is 5.93. The van der Waals surface area contributed by atoms with E-state index in [4.69, 9.17) is 9.15 Å². The summed E-state index contributed by atoms with van der Waals surface area (Å²) in [5.41, 5.74) is 0.316. The molecule has 160 valence electrons. The van der Waals surface area contributed by atoms with Gasteiger partial charge in [-0.2, -0.15) is 0 Å². The highest BCUT2D eigenvalue weighted by Gasteiger charge is 2.43. The first kappa shape index (κ1) is 20.5. The van der Waals surface area contributed by atoms with Gasteiger partial charge < -0.3 is 19.4 Å². The molecular weight excluding hydrogens is 394 g/mol. The van der Waals surface area contributed by atoms with Crippen molar-refractivity contribution in [2.75, 3.05) is 19.6 Å². The number of carbonyl (C=O) groups is 2. The molecular formula is C22H24F2N2O4. The standard InChI is InChI=1S/C22H24F2N2O4/c23-17-1-2-19(24)16(11-17)12-20(27)25-13-18-3-5-22(30-18)6-8-26(9-7-22)21(28)15-4-10-29-14-15/h1-2,4,10-11,14,18H,3,5-9,12-13H2,(H,25,27)/t18-/m1/s1. The van der Waals surface area contributed by atoms with Crippen LogP contribution in [0.15, 0.2) is 41.2 Å². The number of hydrogen-bond donors (Lipinski definition) is 1. The van der Waals surface area contributed by atoms with E-state index >= 15 is 0 Å². The van der Waals surface area contributed by atoms with E-state index in [-0.39, 0.29) is 35.5 Å². The molecule has 0 bridgehead atoms. The van der Waals surface area contributed by atoms with Crippen molar-refractivity contribution in [1.29, 1.82) is 0 Å². The Balaban J connectivity index is 1.23. The van der Waals surface area contributed by atoms with Crippen LogP contribution >= 0.6 is 0 Å². The van der Waals surface area contributed by atoms with E-state index in [9.17, 15) is 18.4 Å². The Bertz CT molecular complexity index is 908. The van der Waals surface area contributed by atoms with Crippen LogP contribution in [-0.4, -0.2) is 48.1 Å². The quantitative estimate of drug-likeness (QED) is 0.810. The number of hydrogen-bond acceptors (Lipinski definition) is 4. The SMILES string of the molecule is O=C(Cc1cc(F)ccc1F)NC[C@H]1CCC2(CCN(C(=O)c3ccoc3)CC2)O1. The van der Waals surface area contributed by atoms with Crippen molar-refractivity contribution in [2.45, 2.75) is 43.8 Å². The van der Waals surface area contributed by atoms with Crippen molar-refractivity contribution in [3.63, 3.8) is 0 Å². The Morgan fingerprint density at radius 3 is 2.70 bits per heavy atom. The third-order valence-electron chi connectivity index (χ3n) is 5.95. The molecule has 0 aliphatic carbocycles. The van der Waals surface area contributed by atoms with Gasteiger partial charge in [-0.15, -0.1) is 0 Å². The van der Waals surface area contributed by atoms with Crippen molar-refractivity contribution >= 4 is 11.8 Å². The largest absolute Gasteiger partial charge is 0.472 e. The first-order valence-electron chi connectivity index (χ1n) is 10.1. The number of rotatable bonds is 5. The lowest BCUT2D eigenvalue weighted by Crippen LogP contribution is -2.47. The molecule has 1 N–H and O–H groups in total. The number of carbonyl (C=O) groups excluding carboxylic acids is 2. The van der Waals surface area contributed by atoms with Gasteiger partial charge in [0, 0.05) is 25.2 Å². The number of likely N-dealkylation sites (tertiary alicyclic amines) is 1. The minimum Gasteiger partial charge on any atom is -0.472 e. The van der Waals surface area contributed by atoms with Crippen LogP contribution in [0.2, 0.25) is 0 Å². The molecule has 2 amide bonds. The number of nitrogens with zero attached hydrogens (tertiary/aromatic N) is 1. The average molecular weight is 418 g/mol. The highest BCUT2D eigenvalue weighted by Crippen LogP contribution is 2.39. The highest BCUT2D eigenvalue weighted by atomic mass is 19.1. The molecule has 8 heteroatoms. The second-order valence-electron chi connectivity index (χ2n) is 7.98. The summed E-state index contributed by atoms with van der Waals surface area (Å²) >= 11 is 0. The topological polar surface area (TPSA) is 71.8 Å². The second-order valence-corrected chi connectivity index (χ2v) is 7.98. The summed E-state index contributed by atoms with van der Waals surface area (Å²) in [7, 11) is 0. The van der Waals surface area contributed by atoms with Gasteiger partial charge in [0.25, 0.3) is 5.91 Å². The lowest BCUT2D eigenvalue weighted by molar-refractivity contribution is -0.122. The molecule has 4 rings (SSSR count). The molecule has 2 aromatic rings. The maximum Gasteiger partial charge on any atom is 0.257 e. The number of amides is 2. The van der Waals surface area contributed by atoms with Crippen LogP contribution in [0.1, 0.15) is 41.6 Å². The molecule has 30 heavy (non-hydrogen) atoms. The zero-order valence-electron chi connectivity index (χ0n) is 16.5. The lowest BCUT2D eigenvalue weighted by atomic mass is 9.88. The van der Waals surface area contributed by atoms with E-state index in [0.717, 1.165) is 43.9 Å². The second kappa shape index (κ2) is 8.55. The molecule has 1 spiro atoms. The summed E-state index contributed by atoms with van der Waals surface area (Å²) in [6.45, 7) is 1.55. The van der Waals surface area contributed by atoms with Crippen LogP contribution in [-0.2, 0) is 16.0 Å². The summed E-state index contributed by atoms with van der Waals surface area (Å²) in [6.07, 6.45) is 5.78. The fourth-order valence-electron chi connectivity index (χ4n) is 4.24. The van der Waals surface area contributed by atoms with Crippen molar-refractivity contribution in [3.05, 3.63) is 59.6 Å². The molecule has 1 atom stereocenters.